The number of carbonyl (C=O) groups is 1. The Morgan fingerprint density at radius 3 is 2.46 bits per heavy atom. The number of nitrogens with zero attached hydrogens (tertiary/aromatic N) is 4. The number of piperidine rings is 1. The maximum Gasteiger partial charge on any atom is 0.227 e. The summed E-state index contributed by atoms with van der Waals surface area (Å²) in [4.78, 5) is 26.9. The van der Waals surface area contributed by atoms with Crippen LogP contribution in [0.5, 0.6) is 0 Å². The van der Waals surface area contributed by atoms with Crippen molar-refractivity contribution in [2.45, 2.75) is 32.6 Å². The summed E-state index contributed by atoms with van der Waals surface area (Å²) in [6.45, 7) is 5.55. The van der Waals surface area contributed by atoms with Crippen LogP contribution in [0.3, 0.4) is 0 Å². The second-order valence-electron chi connectivity index (χ2n) is 6.42. The maximum atomic E-state index is 12.0. The normalized spacial score (nSPS) is 15.5. The molecule has 0 spiro atoms. The molecule has 3 heterocycles. The molecule has 6 heteroatoms. The molecule has 1 aliphatic rings. The maximum absolute atomic E-state index is 12.0. The van der Waals surface area contributed by atoms with Crippen LogP contribution in [0, 0.1) is 5.92 Å². The fraction of sp³-hybridized carbons (Fsp3) is 0.444. The van der Waals surface area contributed by atoms with Crippen LogP contribution in [0.4, 0.5) is 11.6 Å². The van der Waals surface area contributed by atoms with Crippen molar-refractivity contribution in [1.82, 2.24) is 19.9 Å². The predicted molar refractivity (Wildman–Crippen MR) is 92.9 cm³/mol. The van der Waals surface area contributed by atoms with Crippen molar-refractivity contribution in [2.24, 2.45) is 5.92 Å². The molecule has 2 aromatic heterocycles. The van der Waals surface area contributed by atoms with E-state index in [-0.39, 0.29) is 11.8 Å². The standard InChI is InChI=1S/C18H23N5O/c1-13(2)17(24)23-10-6-14(7-11-23)16-5-4-15(12-21-16)22-18-19-8-3-9-20-18/h3-5,8-9,12-14H,6-7,10-11H2,1-2H3,(H,19,20,22). The van der Waals surface area contributed by atoms with E-state index in [1.165, 1.54) is 0 Å². The summed E-state index contributed by atoms with van der Waals surface area (Å²) in [5, 5.41) is 3.13. The SMILES string of the molecule is CC(C)C(=O)N1CCC(c2ccc(Nc3ncccn3)cn2)CC1. The summed E-state index contributed by atoms with van der Waals surface area (Å²) < 4.78 is 0. The monoisotopic (exact) mass is 325 g/mol. The molecule has 0 aliphatic carbocycles. The highest BCUT2D eigenvalue weighted by Gasteiger charge is 2.25. The first-order valence-electron chi connectivity index (χ1n) is 8.42. The fourth-order valence-electron chi connectivity index (χ4n) is 2.97. The Balaban J connectivity index is 1.58. The number of anilines is 2. The van der Waals surface area contributed by atoms with Gasteiger partial charge in [-0.25, -0.2) is 9.97 Å². The molecule has 3 rings (SSSR count). The Morgan fingerprint density at radius 2 is 1.88 bits per heavy atom. The van der Waals surface area contributed by atoms with Crippen LogP contribution in [0.25, 0.3) is 0 Å². The highest BCUT2D eigenvalue weighted by molar-refractivity contribution is 5.78. The summed E-state index contributed by atoms with van der Waals surface area (Å²) >= 11 is 0. The van der Waals surface area contributed by atoms with E-state index < -0.39 is 0 Å². The Morgan fingerprint density at radius 1 is 1.17 bits per heavy atom. The highest BCUT2D eigenvalue weighted by Crippen LogP contribution is 2.28. The number of hydrogen-bond donors (Lipinski definition) is 1. The van der Waals surface area contributed by atoms with Crippen molar-refractivity contribution in [2.75, 3.05) is 18.4 Å². The molecular weight excluding hydrogens is 302 g/mol. The quantitative estimate of drug-likeness (QED) is 0.936. The molecule has 24 heavy (non-hydrogen) atoms. The van der Waals surface area contributed by atoms with Gasteiger partial charge < -0.3 is 10.2 Å². The Bertz CT molecular complexity index is 664. The van der Waals surface area contributed by atoms with Gasteiger partial charge in [0.15, 0.2) is 0 Å². The van der Waals surface area contributed by atoms with Crippen molar-refractivity contribution in [3.63, 3.8) is 0 Å². The van der Waals surface area contributed by atoms with Crippen molar-refractivity contribution in [3.05, 3.63) is 42.5 Å². The lowest BCUT2D eigenvalue weighted by Gasteiger charge is -2.32. The van der Waals surface area contributed by atoms with E-state index in [1.54, 1.807) is 18.5 Å². The molecule has 1 aliphatic heterocycles. The number of carbonyl (C=O) groups excluding carboxylic acids is 1. The number of hydrogen-bond acceptors (Lipinski definition) is 5. The summed E-state index contributed by atoms with van der Waals surface area (Å²) in [6, 6.07) is 5.84. The molecule has 1 fully saturated rings. The second kappa shape index (κ2) is 7.38. The van der Waals surface area contributed by atoms with E-state index in [2.05, 4.69) is 26.3 Å². The minimum atomic E-state index is 0.0743. The van der Waals surface area contributed by atoms with Crippen LogP contribution >= 0.6 is 0 Å². The number of amides is 1. The van der Waals surface area contributed by atoms with Gasteiger partial charge in [-0.15, -0.1) is 0 Å². The van der Waals surface area contributed by atoms with Gasteiger partial charge in [-0.3, -0.25) is 9.78 Å². The van der Waals surface area contributed by atoms with Gasteiger partial charge in [-0.05, 0) is 31.0 Å². The van der Waals surface area contributed by atoms with Gasteiger partial charge in [0.1, 0.15) is 0 Å². The molecule has 126 valence electrons. The van der Waals surface area contributed by atoms with Crippen molar-refractivity contribution in [1.29, 1.82) is 0 Å². The molecule has 0 unspecified atom stereocenters. The Kier molecular flexibility index (Phi) is 5.03. The van der Waals surface area contributed by atoms with Gasteiger partial charge in [0.2, 0.25) is 11.9 Å². The first-order chi connectivity index (χ1) is 11.6. The molecule has 1 saturated heterocycles. The zero-order valence-corrected chi connectivity index (χ0v) is 14.1. The topological polar surface area (TPSA) is 71.0 Å². The molecule has 0 bridgehead atoms. The van der Waals surface area contributed by atoms with Crippen LogP contribution in [0.2, 0.25) is 0 Å². The van der Waals surface area contributed by atoms with Gasteiger partial charge in [0.05, 0.1) is 11.9 Å². The zero-order chi connectivity index (χ0) is 16.9. The van der Waals surface area contributed by atoms with E-state index in [4.69, 9.17) is 0 Å². The van der Waals surface area contributed by atoms with Gasteiger partial charge >= 0.3 is 0 Å². The third-order valence-corrected chi connectivity index (χ3v) is 4.33. The Labute approximate surface area is 142 Å². The molecule has 1 amide bonds. The molecule has 1 N–H and O–H groups in total. The molecule has 6 nitrogen and oxygen atoms in total. The summed E-state index contributed by atoms with van der Waals surface area (Å²) in [7, 11) is 0. The molecule has 0 aromatic carbocycles. The van der Waals surface area contributed by atoms with Crippen LogP contribution in [0.15, 0.2) is 36.8 Å². The van der Waals surface area contributed by atoms with E-state index in [9.17, 15) is 4.79 Å². The number of rotatable bonds is 4. The zero-order valence-electron chi connectivity index (χ0n) is 14.1. The molecule has 0 saturated carbocycles. The van der Waals surface area contributed by atoms with Gasteiger partial charge in [0, 0.05) is 43.0 Å². The Hall–Kier alpha value is -2.50. The van der Waals surface area contributed by atoms with E-state index in [0.29, 0.717) is 11.9 Å². The van der Waals surface area contributed by atoms with Crippen molar-refractivity contribution < 1.29 is 4.79 Å². The van der Waals surface area contributed by atoms with Crippen molar-refractivity contribution in [3.8, 4) is 0 Å². The van der Waals surface area contributed by atoms with Gasteiger partial charge in [-0.2, -0.15) is 0 Å². The fourth-order valence-corrected chi connectivity index (χ4v) is 2.97. The average Bonchev–Trinajstić information content (AvgIpc) is 2.63. The van der Waals surface area contributed by atoms with Crippen LogP contribution in [-0.2, 0) is 4.79 Å². The van der Waals surface area contributed by atoms with E-state index in [1.807, 2.05) is 31.0 Å². The lowest BCUT2D eigenvalue weighted by atomic mass is 9.92. The minimum absolute atomic E-state index is 0.0743. The lowest BCUT2D eigenvalue weighted by Crippen LogP contribution is -2.40. The largest absolute Gasteiger partial charge is 0.342 e. The lowest BCUT2D eigenvalue weighted by molar-refractivity contribution is -0.135. The number of pyridine rings is 1. The number of nitrogens with one attached hydrogen (secondary N) is 1. The summed E-state index contributed by atoms with van der Waals surface area (Å²) in [5.41, 5.74) is 1.96. The minimum Gasteiger partial charge on any atom is -0.342 e. The molecule has 0 atom stereocenters. The first-order valence-corrected chi connectivity index (χ1v) is 8.42. The first kappa shape index (κ1) is 16.4. The highest BCUT2D eigenvalue weighted by atomic mass is 16.2. The molecule has 2 aromatic rings. The molecule has 0 radical (unpaired) electrons. The van der Waals surface area contributed by atoms with Crippen LogP contribution < -0.4 is 5.32 Å². The molecular formula is C18H23N5O. The third-order valence-electron chi connectivity index (χ3n) is 4.33. The summed E-state index contributed by atoms with van der Waals surface area (Å²) in [6.07, 6.45) is 7.16. The average molecular weight is 325 g/mol. The van der Waals surface area contributed by atoms with Crippen LogP contribution in [-0.4, -0.2) is 38.8 Å². The number of aromatic nitrogens is 3. The van der Waals surface area contributed by atoms with E-state index >= 15 is 0 Å². The van der Waals surface area contributed by atoms with Crippen LogP contribution in [0.1, 0.15) is 38.3 Å². The van der Waals surface area contributed by atoms with Crippen molar-refractivity contribution >= 4 is 17.5 Å². The predicted octanol–water partition coefficient (Wildman–Crippen LogP) is 2.98. The number of likely N-dealkylation sites (tertiary alicyclic amines) is 1. The second-order valence-corrected chi connectivity index (χ2v) is 6.42. The smallest absolute Gasteiger partial charge is 0.227 e. The van der Waals surface area contributed by atoms with E-state index in [0.717, 1.165) is 37.3 Å². The third kappa shape index (κ3) is 3.88. The van der Waals surface area contributed by atoms with Gasteiger partial charge in [-0.1, -0.05) is 13.8 Å². The van der Waals surface area contributed by atoms with Gasteiger partial charge in [0.25, 0.3) is 0 Å². The summed E-state index contributed by atoms with van der Waals surface area (Å²) in [5.74, 6) is 1.31.